The Morgan fingerprint density at radius 2 is 1.79 bits per heavy atom. The minimum absolute atomic E-state index is 0.530. The van der Waals surface area contributed by atoms with Gasteiger partial charge >= 0.3 is 0 Å². The second kappa shape index (κ2) is 3.37. The van der Waals surface area contributed by atoms with Crippen LogP contribution in [-0.2, 0) is 0 Å². The van der Waals surface area contributed by atoms with E-state index in [9.17, 15) is 0 Å². The lowest BCUT2D eigenvalue weighted by Gasteiger charge is -2.12. The Morgan fingerprint density at radius 1 is 1.07 bits per heavy atom. The van der Waals surface area contributed by atoms with E-state index in [0.29, 0.717) is 5.92 Å². The Bertz CT molecular complexity index is 461. The first-order valence-corrected chi connectivity index (χ1v) is 4.90. The van der Waals surface area contributed by atoms with Gasteiger partial charge in [0.15, 0.2) is 0 Å². The van der Waals surface area contributed by atoms with Crippen LogP contribution in [0.15, 0.2) is 24.5 Å². The Morgan fingerprint density at radius 3 is 2.50 bits per heavy atom. The number of aryl methyl sites for hydroxylation is 1. The topological polar surface area (TPSA) is 25.8 Å². The van der Waals surface area contributed by atoms with Crippen molar-refractivity contribution in [3.05, 3.63) is 35.7 Å². The third kappa shape index (κ3) is 1.37. The molecule has 1 aromatic carbocycles. The van der Waals surface area contributed by atoms with Crippen molar-refractivity contribution in [3.8, 4) is 0 Å². The summed E-state index contributed by atoms with van der Waals surface area (Å²) in [6.45, 7) is 6.57. The minimum atomic E-state index is 0.530. The molecule has 72 valence electrons. The van der Waals surface area contributed by atoms with Crippen molar-refractivity contribution in [2.75, 3.05) is 0 Å². The average molecular weight is 186 g/mol. The predicted molar refractivity (Wildman–Crippen MR) is 58.4 cm³/mol. The summed E-state index contributed by atoms with van der Waals surface area (Å²) >= 11 is 0. The molecule has 0 bridgehead atoms. The SMILES string of the molecule is Cc1ccc2cnncc2c1C(C)C. The summed E-state index contributed by atoms with van der Waals surface area (Å²) in [5.41, 5.74) is 2.72. The molecule has 0 atom stereocenters. The lowest BCUT2D eigenvalue weighted by molar-refractivity contribution is 0.864. The molecule has 0 radical (unpaired) electrons. The van der Waals surface area contributed by atoms with Gasteiger partial charge in [-0.2, -0.15) is 10.2 Å². The molecule has 0 saturated carbocycles. The van der Waals surface area contributed by atoms with Gasteiger partial charge in [0.25, 0.3) is 0 Å². The smallest absolute Gasteiger partial charge is 0.0577 e. The van der Waals surface area contributed by atoms with Crippen LogP contribution in [-0.4, -0.2) is 10.2 Å². The molecular weight excluding hydrogens is 172 g/mol. The summed E-state index contributed by atoms with van der Waals surface area (Å²) in [7, 11) is 0. The molecule has 0 aliphatic rings. The van der Waals surface area contributed by atoms with Crippen molar-refractivity contribution in [2.24, 2.45) is 0 Å². The van der Waals surface area contributed by atoms with Crippen LogP contribution in [0, 0.1) is 6.92 Å². The maximum absolute atomic E-state index is 3.95. The molecule has 14 heavy (non-hydrogen) atoms. The highest BCUT2D eigenvalue weighted by Crippen LogP contribution is 2.27. The zero-order chi connectivity index (χ0) is 10.1. The first-order valence-electron chi connectivity index (χ1n) is 4.90. The molecule has 0 saturated heterocycles. The molecule has 2 heteroatoms. The van der Waals surface area contributed by atoms with E-state index in [1.165, 1.54) is 21.9 Å². The van der Waals surface area contributed by atoms with Crippen molar-refractivity contribution in [2.45, 2.75) is 26.7 Å². The Labute approximate surface area is 84.0 Å². The van der Waals surface area contributed by atoms with Crippen LogP contribution in [0.3, 0.4) is 0 Å². The number of hydrogen-bond acceptors (Lipinski definition) is 2. The Balaban J connectivity index is 2.83. The van der Waals surface area contributed by atoms with Gasteiger partial charge in [-0.3, -0.25) is 0 Å². The van der Waals surface area contributed by atoms with Gasteiger partial charge in [-0.25, -0.2) is 0 Å². The molecule has 0 amide bonds. The molecule has 0 fully saturated rings. The molecule has 2 nitrogen and oxygen atoms in total. The van der Waals surface area contributed by atoms with E-state index in [0.717, 1.165) is 0 Å². The predicted octanol–water partition coefficient (Wildman–Crippen LogP) is 3.06. The summed E-state index contributed by atoms with van der Waals surface area (Å²) in [4.78, 5) is 0. The van der Waals surface area contributed by atoms with Crippen LogP contribution in [0.1, 0.15) is 30.9 Å². The zero-order valence-corrected chi connectivity index (χ0v) is 8.78. The van der Waals surface area contributed by atoms with Crippen LogP contribution in [0.5, 0.6) is 0 Å². The van der Waals surface area contributed by atoms with E-state index in [1.807, 2.05) is 12.4 Å². The van der Waals surface area contributed by atoms with Crippen molar-refractivity contribution in [3.63, 3.8) is 0 Å². The monoisotopic (exact) mass is 186 g/mol. The van der Waals surface area contributed by atoms with Crippen molar-refractivity contribution < 1.29 is 0 Å². The summed E-state index contributed by atoms with van der Waals surface area (Å²) in [6.07, 6.45) is 3.68. The van der Waals surface area contributed by atoms with E-state index in [4.69, 9.17) is 0 Å². The highest BCUT2D eigenvalue weighted by atomic mass is 15.1. The van der Waals surface area contributed by atoms with Crippen molar-refractivity contribution in [1.82, 2.24) is 10.2 Å². The van der Waals surface area contributed by atoms with Gasteiger partial charge in [0.2, 0.25) is 0 Å². The fourth-order valence-corrected chi connectivity index (χ4v) is 1.97. The van der Waals surface area contributed by atoms with Gasteiger partial charge in [-0.05, 0) is 24.0 Å². The first kappa shape index (κ1) is 9.13. The normalized spacial score (nSPS) is 11.1. The van der Waals surface area contributed by atoms with Gasteiger partial charge in [0, 0.05) is 10.8 Å². The highest BCUT2D eigenvalue weighted by Gasteiger charge is 2.08. The van der Waals surface area contributed by atoms with E-state index in [-0.39, 0.29) is 0 Å². The first-order chi connectivity index (χ1) is 6.70. The lowest BCUT2D eigenvalue weighted by atomic mass is 9.93. The minimum Gasteiger partial charge on any atom is -0.158 e. The second-order valence-corrected chi connectivity index (χ2v) is 3.94. The van der Waals surface area contributed by atoms with Crippen LogP contribution in [0.2, 0.25) is 0 Å². The Hall–Kier alpha value is -1.44. The quantitative estimate of drug-likeness (QED) is 0.684. The van der Waals surface area contributed by atoms with Gasteiger partial charge in [0.1, 0.15) is 0 Å². The Kier molecular flexibility index (Phi) is 2.20. The van der Waals surface area contributed by atoms with Crippen LogP contribution in [0.25, 0.3) is 10.8 Å². The molecule has 2 rings (SSSR count). The fourth-order valence-electron chi connectivity index (χ4n) is 1.97. The van der Waals surface area contributed by atoms with E-state index < -0.39 is 0 Å². The second-order valence-electron chi connectivity index (χ2n) is 3.94. The molecule has 1 aromatic heterocycles. The van der Waals surface area contributed by atoms with Gasteiger partial charge < -0.3 is 0 Å². The van der Waals surface area contributed by atoms with Gasteiger partial charge in [-0.15, -0.1) is 0 Å². The number of hydrogen-bond donors (Lipinski definition) is 0. The third-order valence-corrected chi connectivity index (χ3v) is 2.57. The fraction of sp³-hybridized carbons (Fsp3) is 0.333. The number of fused-ring (bicyclic) bond motifs is 1. The average Bonchev–Trinajstić information content (AvgIpc) is 2.17. The van der Waals surface area contributed by atoms with Crippen LogP contribution in [0.4, 0.5) is 0 Å². The zero-order valence-electron chi connectivity index (χ0n) is 8.78. The lowest BCUT2D eigenvalue weighted by Crippen LogP contribution is -1.95. The molecular formula is C12H14N2. The molecule has 0 unspecified atom stereocenters. The van der Waals surface area contributed by atoms with Crippen LogP contribution < -0.4 is 0 Å². The van der Waals surface area contributed by atoms with Crippen LogP contribution >= 0.6 is 0 Å². The summed E-state index contributed by atoms with van der Waals surface area (Å²) in [5.74, 6) is 0.530. The molecule has 0 spiro atoms. The molecule has 0 N–H and O–H groups in total. The van der Waals surface area contributed by atoms with E-state index >= 15 is 0 Å². The van der Waals surface area contributed by atoms with Crippen molar-refractivity contribution >= 4 is 10.8 Å². The molecule has 0 aliphatic heterocycles. The highest BCUT2D eigenvalue weighted by molar-refractivity contribution is 5.85. The number of rotatable bonds is 1. The van der Waals surface area contributed by atoms with Gasteiger partial charge in [0.05, 0.1) is 12.4 Å². The summed E-state index contributed by atoms with van der Waals surface area (Å²) < 4.78 is 0. The maximum Gasteiger partial charge on any atom is 0.0577 e. The number of nitrogens with zero attached hydrogens (tertiary/aromatic N) is 2. The molecule has 1 heterocycles. The molecule has 2 aromatic rings. The maximum atomic E-state index is 3.95. The summed E-state index contributed by atoms with van der Waals surface area (Å²) in [6, 6.07) is 4.25. The van der Waals surface area contributed by atoms with Crippen molar-refractivity contribution in [1.29, 1.82) is 0 Å². The molecule has 0 aliphatic carbocycles. The summed E-state index contributed by atoms with van der Waals surface area (Å²) in [5, 5.41) is 10.2. The number of benzene rings is 1. The van der Waals surface area contributed by atoms with Gasteiger partial charge in [-0.1, -0.05) is 26.0 Å². The van der Waals surface area contributed by atoms with E-state index in [2.05, 4.69) is 43.1 Å². The van der Waals surface area contributed by atoms with E-state index in [1.54, 1.807) is 0 Å². The third-order valence-electron chi connectivity index (χ3n) is 2.57. The number of aromatic nitrogens is 2. The largest absolute Gasteiger partial charge is 0.158 e. The standard InChI is InChI=1S/C12H14N2/c1-8(2)12-9(3)4-5-10-6-13-14-7-11(10)12/h4-8H,1-3H3.